The minimum atomic E-state index is -1.23. The Labute approximate surface area is 148 Å². The van der Waals surface area contributed by atoms with Gasteiger partial charge in [-0.05, 0) is 0 Å². The molecule has 0 amide bonds. The van der Waals surface area contributed by atoms with Crippen molar-refractivity contribution in [2.45, 2.75) is 77.8 Å². The first-order chi connectivity index (χ1) is 6.95. The summed E-state index contributed by atoms with van der Waals surface area (Å²) in [5.41, 5.74) is 0. The topological polar surface area (TPSA) is 14.1 Å². The van der Waals surface area contributed by atoms with Gasteiger partial charge in [0.2, 0.25) is 0 Å². The molecule has 0 aliphatic carbocycles. The van der Waals surface area contributed by atoms with Gasteiger partial charge in [-0.2, -0.15) is 0 Å². The Morgan fingerprint density at radius 2 is 1.06 bits per heavy atom. The zero-order valence-corrected chi connectivity index (χ0v) is 17.8. The van der Waals surface area contributed by atoms with E-state index in [-0.39, 0.29) is 51.4 Å². The zero-order valence-electron chi connectivity index (χ0n) is 12.7. The van der Waals surface area contributed by atoms with E-state index in [1.54, 1.807) is 0 Å². The molecule has 0 rings (SSSR count). The molecule has 0 spiro atoms. The predicted molar refractivity (Wildman–Crippen MR) is 77.8 cm³/mol. The average molecular weight is 284 g/mol. The van der Waals surface area contributed by atoms with Gasteiger partial charge in [-0.3, -0.25) is 0 Å². The van der Waals surface area contributed by atoms with Crippen LogP contribution in [0.15, 0.2) is 0 Å². The quantitative estimate of drug-likeness (QED) is 0.607. The Morgan fingerprint density at radius 1 is 0.750 bits per heavy atom. The largest absolute Gasteiger partial charge is 1.00 e. The molecule has 92 valence electrons. The smallest absolute Gasteiger partial charge is 0.667 e. The van der Waals surface area contributed by atoms with E-state index < -0.39 is 16.5 Å². The van der Waals surface area contributed by atoms with Gasteiger partial charge in [-0.25, -0.2) is 0 Å². The van der Waals surface area contributed by atoms with E-state index in [2.05, 4.69) is 40.8 Å². The van der Waals surface area contributed by atoms with Crippen molar-refractivity contribution in [1.82, 2.24) is 0 Å². The van der Waals surface area contributed by atoms with Gasteiger partial charge in [0.15, 0.2) is 0 Å². The zero-order chi connectivity index (χ0) is 11.9. The minimum absolute atomic E-state index is 0. The fourth-order valence-corrected chi connectivity index (χ4v) is 12.6. The minimum Gasteiger partial charge on any atom is -0.667 e. The van der Waals surface area contributed by atoms with Crippen molar-refractivity contribution in [2.75, 3.05) is 0 Å². The predicted octanol–water partition coefficient (Wildman–Crippen LogP) is 2.37. The number of hydrogen-bond donors (Lipinski definition) is 0. The molecule has 0 heterocycles. The molecule has 0 aromatic rings. The summed E-state index contributed by atoms with van der Waals surface area (Å²) in [5.74, 6) is 0. The van der Waals surface area contributed by atoms with Gasteiger partial charge in [0, 0.05) is 0 Å². The van der Waals surface area contributed by atoms with Crippen molar-refractivity contribution < 1.29 is 51.4 Å². The van der Waals surface area contributed by atoms with Gasteiger partial charge in [0.05, 0.1) is 0 Å². The van der Waals surface area contributed by atoms with E-state index >= 15 is 0 Å². The van der Waals surface area contributed by atoms with Gasteiger partial charge in [-0.1, -0.05) is 94.3 Å². The van der Waals surface area contributed by atoms with Gasteiger partial charge >= 0.3 is 51.4 Å². The number of hydrogen-bond acceptors (Lipinski definition) is 0. The van der Waals surface area contributed by atoms with Crippen LogP contribution in [0.2, 0.25) is 37.3 Å². The van der Waals surface area contributed by atoms with E-state index in [0.717, 1.165) is 0 Å². The van der Waals surface area contributed by atoms with E-state index in [4.69, 9.17) is 4.65 Å². The van der Waals surface area contributed by atoms with Crippen molar-refractivity contribution in [3.05, 3.63) is 4.65 Å². The molecular weight excluding hydrogens is 253 g/mol. The molecule has 2 atom stereocenters. The fraction of sp³-hybridized carbons (Fsp3) is 1.00. The van der Waals surface area contributed by atoms with Crippen LogP contribution in [0.1, 0.15) is 40.5 Å². The Morgan fingerprint density at radius 3 is 1.25 bits per heavy atom. The number of rotatable bonds is 8. The van der Waals surface area contributed by atoms with Crippen LogP contribution in [0.3, 0.4) is 0 Å². The van der Waals surface area contributed by atoms with Crippen molar-refractivity contribution in [2.24, 2.45) is 0 Å². The van der Waals surface area contributed by atoms with Crippen molar-refractivity contribution in [3.63, 3.8) is 0 Å². The Balaban J connectivity index is 0. The van der Waals surface area contributed by atoms with Crippen LogP contribution in [0.25, 0.3) is 4.65 Å². The molecule has 1 nitrogen and oxygen atoms in total. The molecule has 0 saturated carbocycles. The second-order valence-corrected chi connectivity index (χ2v) is 14.6. The molecule has 0 saturated heterocycles. The summed E-state index contributed by atoms with van der Waals surface area (Å²) in [6, 6.07) is 5.48. The van der Waals surface area contributed by atoms with Gasteiger partial charge in [-0.15, -0.1) is 0 Å². The Kier molecular flexibility index (Phi) is 12.6. The molecule has 2 unspecified atom stereocenters. The molecule has 0 aromatic carbocycles. The molecule has 0 aliphatic rings. The van der Waals surface area contributed by atoms with E-state index in [0.29, 0.717) is 0 Å². The second kappa shape index (κ2) is 9.89. The SMILES string of the molecule is CCC[Si](C)(CC)[N-][Si](C)(CC)CCC.[K+]. The molecule has 16 heavy (non-hydrogen) atoms. The van der Waals surface area contributed by atoms with Crippen LogP contribution in [-0.4, -0.2) is 16.5 Å². The standard InChI is InChI=1S/C12H30NSi2.K/c1-7-11-14(5,9-3)13-15(6,10-4)12-8-2;/h7-12H2,1-6H3;/q-1;+1. The summed E-state index contributed by atoms with van der Waals surface area (Å²) in [6.07, 6.45) is 2.64. The molecule has 4 heteroatoms. The first-order valence-corrected chi connectivity index (χ1v) is 12.4. The third-order valence-corrected chi connectivity index (χ3v) is 14.2. The van der Waals surface area contributed by atoms with Crippen LogP contribution in [0.5, 0.6) is 0 Å². The average Bonchev–Trinajstić information content (AvgIpc) is 2.18. The van der Waals surface area contributed by atoms with Crippen LogP contribution in [0, 0.1) is 0 Å². The molecule has 0 radical (unpaired) electrons. The maximum atomic E-state index is 5.43. The fourth-order valence-electron chi connectivity index (χ4n) is 2.35. The summed E-state index contributed by atoms with van der Waals surface area (Å²) in [4.78, 5) is 0. The van der Waals surface area contributed by atoms with E-state index in [9.17, 15) is 0 Å². The summed E-state index contributed by atoms with van der Waals surface area (Å²) in [6.45, 7) is 14.3. The summed E-state index contributed by atoms with van der Waals surface area (Å²) in [5, 5.41) is 0. The van der Waals surface area contributed by atoms with Crippen LogP contribution >= 0.6 is 0 Å². The molecule has 0 aliphatic heterocycles. The molecule has 0 bridgehead atoms. The summed E-state index contributed by atoms with van der Waals surface area (Å²) >= 11 is 0. The van der Waals surface area contributed by atoms with Gasteiger partial charge in [0.25, 0.3) is 0 Å². The monoisotopic (exact) mass is 283 g/mol. The van der Waals surface area contributed by atoms with Crippen LogP contribution in [0.4, 0.5) is 0 Å². The summed E-state index contributed by atoms with van der Waals surface area (Å²) < 4.78 is 5.43. The maximum absolute atomic E-state index is 5.43. The van der Waals surface area contributed by atoms with Crippen molar-refractivity contribution >= 4 is 16.5 Å². The number of nitrogens with zero attached hydrogens (tertiary/aromatic N) is 1. The molecule has 0 aromatic heterocycles. The van der Waals surface area contributed by atoms with Crippen LogP contribution < -0.4 is 51.4 Å². The maximum Gasteiger partial charge on any atom is 1.00 e. The molecular formula is C12H30KNSi2. The first-order valence-electron chi connectivity index (χ1n) is 6.69. The third kappa shape index (κ3) is 7.46. The van der Waals surface area contributed by atoms with Crippen molar-refractivity contribution in [3.8, 4) is 0 Å². The van der Waals surface area contributed by atoms with Crippen LogP contribution in [-0.2, 0) is 0 Å². The third-order valence-electron chi connectivity index (χ3n) is 3.64. The molecule has 0 fully saturated rings. The Bertz CT molecular complexity index is 162. The first kappa shape index (κ1) is 20.3. The second-order valence-electron chi connectivity index (χ2n) is 5.31. The van der Waals surface area contributed by atoms with Gasteiger partial charge in [0.1, 0.15) is 0 Å². The normalized spacial score (nSPS) is 18.4. The summed E-state index contributed by atoms with van der Waals surface area (Å²) in [7, 11) is -2.46. The molecule has 0 N–H and O–H groups in total. The van der Waals surface area contributed by atoms with Gasteiger partial charge < -0.3 is 4.65 Å². The van der Waals surface area contributed by atoms with E-state index in [1.165, 1.54) is 37.0 Å². The van der Waals surface area contributed by atoms with Crippen molar-refractivity contribution in [1.29, 1.82) is 0 Å². The van der Waals surface area contributed by atoms with E-state index in [1.807, 2.05) is 0 Å². The Hall–Kier alpha value is 2.03.